The summed E-state index contributed by atoms with van der Waals surface area (Å²) in [4.78, 5) is 12.3. The quantitative estimate of drug-likeness (QED) is 0.817. The molecule has 1 amide bonds. The van der Waals surface area contributed by atoms with E-state index in [2.05, 4.69) is 0 Å². The van der Waals surface area contributed by atoms with Crippen LogP contribution in [0.2, 0.25) is 5.02 Å². The minimum absolute atomic E-state index is 0.00771. The molecule has 0 atom stereocenters. The minimum Gasteiger partial charge on any atom is -0.399 e. The Hall–Kier alpha value is -1.38. The van der Waals surface area contributed by atoms with Crippen LogP contribution in [0, 0.1) is 5.82 Å². The van der Waals surface area contributed by atoms with E-state index in [1.165, 1.54) is 19.0 Å². The number of likely N-dealkylation sites (N-methyl/N-ethyl adjacent to an activating group) is 2. The van der Waals surface area contributed by atoms with Gasteiger partial charge >= 0.3 is 0 Å². The maximum Gasteiger partial charge on any atom is 0.246 e. The highest BCUT2D eigenvalue weighted by Crippen LogP contribution is 2.27. The lowest BCUT2D eigenvalue weighted by Crippen LogP contribution is -2.40. The summed E-state index contributed by atoms with van der Waals surface area (Å²) in [6, 6.07) is 2.11. The number of nitrogens with zero attached hydrogens (tertiary/aromatic N) is 2. The predicted molar refractivity (Wildman–Crippen MR) is 78.9 cm³/mol. The largest absolute Gasteiger partial charge is 0.399 e. The Morgan fingerprint density at radius 2 is 1.95 bits per heavy atom. The molecule has 6 nitrogen and oxygen atoms in total. The molecule has 0 aliphatic heterocycles. The monoisotopic (exact) mass is 337 g/mol. The number of rotatable bonds is 5. The summed E-state index contributed by atoms with van der Waals surface area (Å²) in [7, 11) is -1.21. The highest BCUT2D eigenvalue weighted by molar-refractivity contribution is 7.89. The number of nitrogens with two attached hydrogens (primary N) is 1. The molecule has 0 fully saturated rings. The van der Waals surface area contributed by atoms with Crippen molar-refractivity contribution in [2.24, 2.45) is 0 Å². The highest BCUT2D eigenvalue weighted by atomic mass is 35.5. The lowest BCUT2D eigenvalue weighted by molar-refractivity contribution is -0.128. The fraction of sp³-hybridized carbons (Fsp3) is 0.417. The van der Waals surface area contributed by atoms with Gasteiger partial charge in [-0.2, -0.15) is 4.31 Å². The van der Waals surface area contributed by atoms with Crippen LogP contribution in [0.25, 0.3) is 0 Å². The second-order valence-electron chi connectivity index (χ2n) is 4.53. The fourth-order valence-corrected chi connectivity index (χ4v) is 3.37. The van der Waals surface area contributed by atoms with Crippen molar-refractivity contribution in [3.63, 3.8) is 0 Å². The number of amides is 1. The van der Waals surface area contributed by atoms with Gasteiger partial charge in [-0.15, -0.1) is 0 Å². The zero-order valence-corrected chi connectivity index (χ0v) is 13.5. The third-order valence-corrected chi connectivity index (χ3v) is 4.99. The Bertz CT molecular complexity index is 649. The molecule has 0 heterocycles. The van der Waals surface area contributed by atoms with Crippen LogP contribution in [0.1, 0.15) is 6.92 Å². The number of carbonyl (C=O) groups is 1. The summed E-state index contributed by atoms with van der Waals surface area (Å²) in [5, 5.41) is -0.386. The molecular weight excluding hydrogens is 321 g/mol. The Morgan fingerprint density at radius 3 is 2.43 bits per heavy atom. The molecule has 21 heavy (non-hydrogen) atoms. The minimum atomic E-state index is -4.21. The fourth-order valence-electron chi connectivity index (χ4n) is 1.57. The molecule has 118 valence electrons. The van der Waals surface area contributed by atoms with Gasteiger partial charge in [0, 0.05) is 26.3 Å². The molecule has 0 saturated carbocycles. The normalized spacial score (nSPS) is 11.7. The number of nitrogen functional groups attached to an aromatic ring is 1. The first-order valence-corrected chi connectivity index (χ1v) is 7.87. The van der Waals surface area contributed by atoms with Crippen molar-refractivity contribution < 1.29 is 17.6 Å². The Balaban J connectivity index is 3.29. The van der Waals surface area contributed by atoms with Gasteiger partial charge in [0.25, 0.3) is 0 Å². The van der Waals surface area contributed by atoms with Crippen LogP contribution >= 0.6 is 11.6 Å². The maximum absolute atomic E-state index is 14.0. The molecule has 0 spiro atoms. The standard InChI is InChI=1S/C12H17ClFN3O3S/c1-4-17(7-11(18)16(2)3)21(19,20)10-6-8(15)5-9(13)12(10)14/h5-6H,4,7,15H2,1-3H3. The Kier molecular flexibility index (Phi) is 5.54. The lowest BCUT2D eigenvalue weighted by Gasteiger charge is -2.22. The summed E-state index contributed by atoms with van der Waals surface area (Å²) in [6.07, 6.45) is 0. The average Bonchev–Trinajstić information content (AvgIpc) is 2.39. The summed E-state index contributed by atoms with van der Waals surface area (Å²) in [5.41, 5.74) is 5.53. The highest BCUT2D eigenvalue weighted by Gasteiger charge is 2.29. The summed E-state index contributed by atoms with van der Waals surface area (Å²) in [6.45, 7) is 1.16. The van der Waals surface area contributed by atoms with Crippen molar-refractivity contribution in [2.45, 2.75) is 11.8 Å². The van der Waals surface area contributed by atoms with Crippen molar-refractivity contribution in [2.75, 3.05) is 32.9 Å². The summed E-state index contributed by atoms with van der Waals surface area (Å²) < 4.78 is 39.7. The molecule has 1 aromatic rings. The zero-order valence-electron chi connectivity index (χ0n) is 11.9. The number of sulfonamides is 1. The van der Waals surface area contributed by atoms with E-state index in [4.69, 9.17) is 17.3 Å². The van der Waals surface area contributed by atoms with Crippen LogP contribution in [0.5, 0.6) is 0 Å². The third-order valence-electron chi connectivity index (χ3n) is 2.80. The van der Waals surface area contributed by atoms with Gasteiger partial charge in [0.05, 0.1) is 11.6 Å². The number of benzene rings is 1. The summed E-state index contributed by atoms with van der Waals surface area (Å²) >= 11 is 5.62. The van der Waals surface area contributed by atoms with E-state index in [9.17, 15) is 17.6 Å². The topological polar surface area (TPSA) is 83.7 Å². The van der Waals surface area contributed by atoms with Crippen molar-refractivity contribution >= 4 is 33.2 Å². The molecule has 0 aliphatic carbocycles. The molecule has 0 unspecified atom stereocenters. The Labute approximate surface area is 128 Å². The molecule has 2 N–H and O–H groups in total. The van der Waals surface area contributed by atoms with Crippen molar-refractivity contribution in [1.29, 1.82) is 0 Å². The van der Waals surface area contributed by atoms with Crippen LogP contribution in [0.3, 0.4) is 0 Å². The Morgan fingerprint density at radius 1 is 1.38 bits per heavy atom. The van der Waals surface area contributed by atoms with Crippen LogP contribution in [0.4, 0.5) is 10.1 Å². The zero-order chi connectivity index (χ0) is 16.4. The summed E-state index contributed by atoms with van der Waals surface area (Å²) in [5.74, 6) is -1.50. The van der Waals surface area contributed by atoms with Crippen LogP contribution in [-0.2, 0) is 14.8 Å². The van der Waals surface area contributed by atoms with Gasteiger partial charge in [-0.25, -0.2) is 12.8 Å². The van der Waals surface area contributed by atoms with E-state index in [1.807, 2.05) is 0 Å². The number of carbonyl (C=O) groups excluding carboxylic acids is 1. The molecule has 0 radical (unpaired) electrons. The van der Waals surface area contributed by atoms with Gasteiger partial charge in [-0.1, -0.05) is 18.5 Å². The molecule has 0 saturated heterocycles. The van der Waals surface area contributed by atoms with Gasteiger partial charge in [-0.05, 0) is 12.1 Å². The van der Waals surface area contributed by atoms with Gasteiger partial charge in [0.2, 0.25) is 15.9 Å². The average molecular weight is 338 g/mol. The molecule has 1 rings (SSSR count). The number of halogens is 2. The molecule has 9 heteroatoms. The van der Waals surface area contributed by atoms with E-state index in [1.54, 1.807) is 6.92 Å². The van der Waals surface area contributed by atoms with Crippen molar-refractivity contribution in [3.8, 4) is 0 Å². The lowest BCUT2D eigenvalue weighted by atomic mass is 10.3. The van der Waals surface area contributed by atoms with Crippen molar-refractivity contribution in [3.05, 3.63) is 23.0 Å². The van der Waals surface area contributed by atoms with E-state index >= 15 is 0 Å². The van der Waals surface area contributed by atoms with E-state index in [-0.39, 0.29) is 17.3 Å². The van der Waals surface area contributed by atoms with Crippen LogP contribution in [0.15, 0.2) is 17.0 Å². The van der Waals surface area contributed by atoms with Crippen LogP contribution in [-0.4, -0.2) is 50.7 Å². The molecular formula is C12H17ClFN3O3S. The number of hydrogen-bond donors (Lipinski definition) is 1. The van der Waals surface area contributed by atoms with Gasteiger partial charge in [-0.3, -0.25) is 4.79 Å². The van der Waals surface area contributed by atoms with Crippen molar-refractivity contribution in [1.82, 2.24) is 9.21 Å². The van der Waals surface area contributed by atoms with E-state index in [0.717, 1.165) is 16.4 Å². The van der Waals surface area contributed by atoms with Crippen LogP contribution < -0.4 is 5.73 Å². The number of anilines is 1. The second kappa shape index (κ2) is 6.59. The maximum atomic E-state index is 14.0. The van der Waals surface area contributed by atoms with E-state index < -0.39 is 33.2 Å². The first-order chi connectivity index (χ1) is 9.61. The van der Waals surface area contributed by atoms with E-state index in [0.29, 0.717) is 0 Å². The first-order valence-electron chi connectivity index (χ1n) is 6.06. The molecule has 0 bridgehead atoms. The van der Waals surface area contributed by atoms with Gasteiger partial charge < -0.3 is 10.6 Å². The second-order valence-corrected chi connectivity index (χ2v) is 6.85. The SMILES string of the molecule is CCN(CC(=O)N(C)C)S(=O)(=O)c1cc(N)cc(Cl)c1F. The smallest absolute Gasteiger partial charge is 0.246 e. The number of hydrogen-bond acceptors (Lipinski definition) is 4. The molecule has 1 aromatic carbocycles. The van der Waals surface area contributed by atoms with Gasteiger partial charge in [0.1, 0.15) is 4.90 Å². The third kappa shape index (κ3) is 3.84. The van der Waals surface area contributed by atoms with Gasteiger partial charge in [0.15, 0.2) is 5.82 Å². The first kappa shape index (κ1) is 17.7. The molecule has 0 aliphatic rings. The predicted octanol–water partition coefficient (Wildman–Crippen LogP) is 1.16. The molecule has 0 aromatic heterocycles.